The van der Waals surface area contributed by atoms with E-state index in [9.17, 15) is 9.18 Å². The second-order valence-electron chi connectivity index (χ2n) is 11.6. The third-order valence-corrected chi connectivity index (χ3v) is 8.68. The van der Waals surface area contributed by atoms with Crippen molar-refractivity contribution < 1.29 is 23.4 Å². The number of benzene rings is 2. The first-order valence-corrected chi connectivity index (χ1v) is 14.6. The number of ketones is 1. The maximum atomic E-state index is 13.8. The van der Waals surface area contributed by atoms with Crippen molar-refractivity contribution in [1.29, 1.82) is 0 Å². The molecule has 4 unspecified atom stereocenters. The molecular formula is C33H33FN4O4. The number of likely N-dealkylation sites (tertiary alicyclic amines) is 1. The molecule has 2 aromatic carbocycles. The molecule has 3 aliphatic heterocycles. The van der Waals surface area contributed by atoms with Crippen molar-refractivity contribution in [2.75, 3.05) is 51.4 Å². The van der Waals surface area contributed by atoms with Crippen molar-refractivity contribution in [2.24, 2.45) is 17.8 Å². The Morgan fingerprint density at radius 3 is 2.67 bits per heavy atom. The molecule has 42 heavy (non-hydrogen) atoms. The highest BCUT2D eigenvalue weighted by atomic mass is 19.1. The quantitative estimate of drug-likeness (QED) is 0.340. The topological polar surface area (TPSA) is 85.8 Å². The Morgan fingerprint density at radius 2 is 1.90 bits per heavy atom. The summed E-state index contributed by atoms with van der Waals surface area (Å²) in [5, 5.41) is 4.07. The van der Waals surface area contributed by atoms with Gasteiger partial charge in [0.2, 0.25) is 0 Å². The van der Waals surface area contributed by atoms with Crippen LogP contribution in [0, 0.1) is 42.3 Å². The number of hydrogen-bond acceptors (Lipinski definition) is 8. The van der Waals surface area contributed by atoms with Gasteiger partial charge in [0.15, 0.2) is 5.78 Å². The number of rotatable bonds is 7. The Hall–Kier alpha value is -3.68. The molecule has 216 valence electrons. The van der Waals surface area contributed by atoms with Gasteiger partial charge >= 0.3 is 0 Å². The Bertz CT molecular complexity index is 1590. The van der Waals surface area contributed by atoms with E-state index in [1.54, 1.807) is 25.1 Å². The number of nitrogens with zero attached hydrogens (tertiary/aromatic N) is 3. The van der Waals surface area contributed by atoms with Crippen molar-refractivity contribution in [3.8, 4) is 11.8 Å². The Balaban J connectivity index is 1.13. The number of aromatic nitrogens is 2. The fourth-order valence-corrected chi connectivity index (χ4v) is 6.25. The van der Waals surface area contributed by atoms with Gasteiger partial charge in [-0.15, -0.1) is 0 Å². The molecule has 0 radical (unpaired) electrons. The molecule has 4 atom stereocenters. The summed E-state index contributed by atoms with van der Waals surface area (Å²) in [7, 11) is 0. The number of fused-ring (bicyclic) bond motifs is 3. The molecule has 0 amide bonds. The first-order valence-electron chi connectivity index (χ1n) is 14.6. The van der Waals surface area contributed by atoms with Crippen LogP contribution in [0.3, 0.4) is 0 Å². The maximum absolute atomic E-state index is 13.8. The van der Waals surface area contributed by atoms with Gasteiger partial charge in [0.25, 0.3) is 0 Å². The SMILES string of the molecule is Cc1cc(Nc2ncnc3cc(C#CC4C5COCC45)c(CC(=O)/C=C/CN4CC5OCCOC5C4)cc23)ccc1F. The van der Waals surface area contributed by atoms with Crippen molar-refractivity contribution >= 4 is 28.2 Å². The summed E-state index contributed by atoms with van der Waals surface area (Å²) in [6.45, 7) is 6.85. The second kappa shape index (κ2) is 11.5. The summed E-state index contributed by atoms with van der Waals surface area (Å²) in [4.78, 5) is 24.4. The van der Waals surface area contributed by atoms with E-state index in [-0.39, 0.29) is 30.2 Å². The highest BCUT2D eigenvalue weighted by molar-refractivity contribution is 5.96. The van der Waals surface area contributed by atoms with E-state index >= 15 is 0 Å². The lowest BCUT2D eigenvalue weighted by Gasteiger charge is -2.24. The lowest BCUT2D eigenvalue weighted by Crippen LogP contribution is -2.36. The predicted octanol–water partition coefficient (Wildman–Crippen LogP) is 3.83. The summed E-state index contributed by atoms with van der Waals surface area (Å²) < 4.78 is 31.0. The number of carbonyl (C=O) groups excluding carboxylic acids is 1. The van der Waals surface area contributed by atoms with E-state index in [2.05, 4.69) is 32.0 Å². The van der Waals surface area contributed by atoms with Crippen LogP contribution in [0.4, 0.5) is 15.9 Å². The number of ether oxygens (including phenoxy) is 3. The van der Waals surface area contributed by atoms with Gasteiger partial charge in [-0.3, -0.25) is 9.69 Å². The Kier molecular flexibility index (Phi) is 7.46. The zero-order valence-electron chi connectivity index (χ0n) is 23.5. The number of aryl methyl sites for hydroxylation is 1. The molecule has 1 N–H and O–H groups in total. The molecule has 1 saturated carbocycles. The number of nitrogens with one attached hydrogen (secondary N) is 1. The van der Waals surface area contributed by atoms with Crippen molar-refractivity contribution in [1.82, 2.24) is 14.9 Å². The molecule has 8 nitrogen and oxygen atoms in total. The molecule has 4 heterocycles. The molecule has 0 spiro atoms. The first kappa shape index (κ1) is 27.2. The third-order valence-electron chi connectivity index (χ3n) is 8.68. The number of anilines is 2. The largest absolute Gasteiger partial charge is 0.381 e. The molecule has 1 aliphatic carbocycles. The third kappa shape index (κ3) is 5.68. The fraction of sp³-hybridized carbons (Fsp3) is 0.424. The molecule has 9 heteroatoms. The van der Waals surface area contributed by atoms with Crippen LogP contribution in [-0.4, -0.2) is 78.9 Å². The zero-order chi connectivity index (χ0) is 28.6. The summed E-state index contributed by atoms with van der Waals surface area (Å²) >= 11 is 0. The van der Waals surface area contributed by atoms with Crippen molar-refractivity contribution in [2.45, 2.75) is 25.6 Å². The Morgan fingerprint density at radius 1 is 1.12 bits per heavy atom. The molecule has 0 bridgehead atoms. The average molecular weight is 569 g/mol. The van der Waals surface area contributed by atoms with E-state index < -0.39 is 0 Å². The van der Waals surface area contributed by atoms with Gasteiger partial charge in [0, 0.05) is 60.4 Å². The molecule has 7 rings (SSSR count). The fourth-order valence-electron chi connectivity index (χ4n) is 6.25. The van der Waals surface area contributed by atoms with Crippen molar-refractivity contribution in [3.05, 3.63) is 71.3 Å². The first-order chi connectivity index (χ1) is 20.5. The van der Waals surface area contributed by atoms with E-state index in [0.717, 1.165) is 54.0 Å². The van der Waals surface area contributed by atoms with Gasteiger partial charge in [-0.25, -0.2) is 14.4 Å². The van der Waals surface area contributed by atoms with Crippen LogP contribution < -0.4 is 5.32 Å². The maximum Gasteiger partial charge on any atom is 0.159 e. The van der Waals surface area contributed by atoms with E-state index in [1.165, 1.54) is 12.4 Å². The van der Waals surface area contributed by atoms with E-state index in [1.807, 2.05) is 18.2 Å². The minimum absolute atomic E-state index is 0.00118. The minimum atomic E-state index is -0.263. The number of carbonyl (C=O) groups is 1. The van der Waals surface area contributed by atoms with Gasteiger partial charge in [-0.05, 0) is 54.5 Å². The number of hydrogen-bond donors (Lipinski definition) is 1. The second-order valence-corrected chi connectivity index (χ2v) is 11.6. The van der Waals surface area contributed by atoms with Crippen LogP contribution in [0.25, 0.3) is 10.9 Å². The minimum Gasteiger partial charge on any atom is -0.381 e. The standard InChI is InChI=1S/C33H33FN4O4/c1-20-11-23(5-7-29(20)34)37-33-26-13-22(12-24(39)3-2-8-38-15-31-32(16-38)42-10-9-41-31)21(14-30(26)35-19-36-33)4-6-25-27-17-40-18-28(25)27/h2-3,5,7,11,13-14,19,25,27-28,31-32H,8-10,12,15-18H2,1H3,(H,35,36,37)/b3-2+. The molecular weight excluding hydrogens is 535 g/mol. The summed E-state index contributed by atoms with van der Waals surface area (Å²) in [5.74, 6) is 8.53. The zero-order valence-corrected chi connectivity index (χ0v) is 23.5. The van der Waals surface area contributed by atoms with Gasteiger partial charge < -0.3 is 19.5 Å². The monoisotopic (exact) mass is 568 g/mol. The number of allylic oxidation sites excluding steroid dienone is 1. The molecule has 1 aromatic heterocycles. The van der Waals surface area contributed by atoms with Crippen LogP contribution >= 0.6 is 0 Å². The van der Waals surface area contributed by atoms with E-state index in [0.29, 0.717) is 48.9 Å². The molecule has 4 fully saturated rings. The van der Waals surface area contributed by atoms with Crippen LogP contribution in [0.15, 0.2) is 48.8 Å². The van der Waals surface area contributed by atoms with Crippen molar-refractivity contribution in [3.63, 3.8) is 0 Å². The van der Waals surface area contributed by atoms with Gasteiger partial charge in [-0.1, -0.05) is 17.9 Å². The lowest BCUT2D eigenvalue weighted by molar-refractivity contribution is -0.116. The molecule has 4 aliphatic rings. The van der Waals surface area contributed by atoms with E-state index in [4.69, 9.17) is 14.2 Å². The summed E-state index contributed by atoms with van der Waals surface area (Å²) in [6.07, 6.45) is 5.52. The summed E-state index contributed by atoms with van der Waals surface area (Å²) in [6, 6.07) is 8.75. The van der Waals surface area contributed by atoms with Crippen LogP contribution in [0.5, 0.6) is 0 Å². The summed E-state index contributed by atoms with van der Waals surface area (Å²) in [5.41, 5.74) is 3.61. The molecule has 3 aromatic rings. The van der Waals surface area contributed by atoms with Gasteiger partial charge in [0.05, 0.1) is 44.2 Å². The lowest BCUT2D eigenvalue weighted by atomic mass is 9.99. The average Bonchev–Trinajstić information content (AvgIpc) is 3.28. The highest BCUT2D eigenvalue weighted by Gasteiger charge is 2.53. The van der Waals surface area contributed by atoms with Crippen LogP contribution in [-0.2, 0) is 25.4 Å². The van der Waals surface area contributed by atoms with Gasteiger partial charge in [-0.2, -0.15) is 0 Å². The smallest absolute Gasteiger partial charge is 0.159 e. The Labute approximate surface area is 244 Å². The normalized spacial score (nSPS) is 26.6. The highest BCUT2D eigenvalue weighted by Crippen LogP contribution is 2.50. The van der Waals surface area contributed by atoms with Crippen LogP contribution in [0.1, 0.15) is 16.7 Å². The number of halogens is 1. The predicted molar refractivity (Wildman–Crippen MR) is 156 cm³/mol. The molecule has 3 saturated heterocycles. The van der Waals surface area contributed by atoms with Gasteiger partial charge in [0.1, 0.15) is 18.0 Å². The van der Waals surface area contributed by atoms with Crippen LogP contribution in [0.2, 0.25) is 0 Å².